The third-order valence-corrected chi connectivity index (χ3v) is 2.91. The maximum atomic E-state index is 5.87. The van der Waals surface area contributed by atoms with Crippen LogP contribution in [0.4, 0.5) is 0 Å². The molecular formula is C14H22ClN. The minimum atomic E-state index is 0.361. The first kappa shape index (κ1) is 13.5. The normalized spacial score (nSPS) is 13.8. The highest BCUT2D eigenvalue weighted by molar-refractivity contribution is 6.30. The Hall–Kier alpha value is -0.530. The van der Waals surface area contributed by atoms with Gasteiger partial charge in [-0.25, -0.2) is 0 Å². The second-order valence-corrected chi connectivity index (χ2v) is 6.02. The quantitative estimate of drug-likeness (QED) is 0.840. The van der Waals surface area contributed by atoms with Gasteiger partial charge in [-0.3, -0.25) is 0 Å². The molecule has 16 heavy (non-hydrogen) atoms. The molecule has 0 amide bonds. The van der Waals surface area contributed by atoms with Crippen LogP contribution in [-0.4, -0.2) is 13.1 Å². The molecule has 2 heteroatoms. The average molecular weight is 240 g/mol. The minimum Gasteiger partial charge on any atom is -0.317 e. The van der Waals surface area contributed by atoms with Crippen molar-refractivity contribution in [3.05, 3.63) is 34.9 Å². The average Bonchev–Trinajstić information content (AvgIpc) is 2.18. The summed E-state index contributed by atoms with van der Waals surface area (Å²) in [5.74, 6) is 0. The molecular weight excluding hydrogens is 218 g/mol. The van der Waals surface area contributed by atoms with Crippen LogP contribution >= 0.6 is 11.6 Å². The predicted molar refractivity (Wildman–Crippen MR) is 72.1 cm³/mol. The van der Waals surface area contributed by atoms with Gasteiger partial charge in [0.1, 0.15) is 0 Å². The predicted octanol–water partition coefficient (Wildman–Crippen LogP) is 3.91. The topological polar surface area (TPSA) is 12.0 Å². The van der Waals surface area contributed by atoms with Gasteiger partial charge in [0, 0.05) is 11.1 Å². The summed E-state index contributed by atoms with van der Waals surface area (Å²) in [6, 6.07) is 8.66. The first-order valence-electron chi connectivity index (χ1n) is 5.82. The van der Waals surface area contributed by atoms with Crippen molar-refractivity contribution in [1.82, 2.24) is 5.32 Å². The van der Waals surface area contributed by atoms with Crippen molar-refractivity contribution in [3.8, 4) is 0 Å². The highest BCUT2D eigenvalue weighted by Gasteiger charge is 2.17. The van der Waals surface area contributed by atoms with Crippen LogP contribution in [0.15, 0.2) is 24.3 Å². The van der Waals surface area contributed by atoms with Crippen molar-refractivity contribution in [2.75, 3.05) is 7.05 Å². The summed E-state index contributed by atoms with van der Waals surface area (Å²) in [7, 11) is 2.03. The van der Waals surface area contributed by atoms with Gasteiger partial charge in [-0.2, -0.15) is 0 Å². The van der Waals surface area contributed by atoms with Crippen LogP contribution in [0.1, 0.15) is 32.8 Å². The summed E-state index contributed by atoms with van der Waals surface area (Å²) < 4.78 is 0. The standard InChI is InChI=1S/C14H22ClN/c1-14(2,3)10-13(16-4)9-11-5-7-12(15)8-6-11/h5-8,13,16H,9-10H2,1-4H3. The van der Waals surface area contributed by atoms with Crippen LogP contribution in [-0.2, 0) is 6.42 Å². The molecule has 0 radical (unpaired) electrons. The monoisotopic (exact) mass is 239 g/mol. The van der Waals surface area contributed by atoms with Gasteiger partial charge in [-0.15, -0.1) is 0 Å². The number of hydrogen-bond acceptors (Lipinski definition) is 1. The molecule has 0 bridgehead atoms. The zero-order valence-electron chi connectivity index (χ0n) is 10.7. The molecule has 1 N–H and O–H groups in total. The first-order chi connectivity index (χ1) is 7.40. The maximum absolute atomic E-state index is 5.87. The molecule has 1 aromatic rings. The largest absolute Gasteiger partial charge is 0.317 e. The van der Waals surface area contributed by atoms with E-state index in [1.54, 1.807) is 0 Å². The Morgan fingerprint density at radius 2 is 1.75 bits per heavy atom. The van der Waals surface area contributed by atoms with Gasteiger partial charge in [-0.05, 0) is 43.0 Å². The fourth-order valence-corrected chi connectivity index (χ4v) is 2.05. The third kappa shape index (κ3) is 5.00. The number of halogens is 1. The van der Waals surface area contributed by atoms with Gasteiger partial charge in [0.05, 0.1) is 0 Å². The third-order valence-electron chi connectivity index (χ3n) is 2.66. The maximum Gasteiger partial charge on any atom is 0.0406 e. The van der Waals surface area contributed by atoms with E-state index < -0.39 is 0 Å². The van der Waals surface area contributed by atoms with Gasteiger partial charge in [-0.1, -0.05) is 44.5 Å². The van der Waals surface area contributed by atoms with Crippen LogP contribution in [0.3, 0.4) is 0 Å². The highest BCUT2D eigenvalue weighted by Crippen LogP contribution is 2.22. The summed E-state index contributed by atoms with van der Waals surface area (Å²) in [6.07, 6.45) is 2.23. The van der Waals surface area contributed by atoms with Gasteiger partial charge >= 0.3 is 0 Å². The molecule has 90 valence electrons. The smallest absolute Gasteiger partial charge is 0.0406 e. The molecule has 0 aliphatic rings. The lowest BCUT2D eigenvalue weighted by Gasteiger charge is -2.25. The van der Waals surface area contributed by atoms with Crippen LogP contribution in [0.2, 0.25) is 5.02 Å². The second-order valence-electron chi connectivity index (χ2n) is 5.58. The number of hydrogen-bond donors (Lipinski definition) is 1. The number of rotatable bonds is 4. The molecule has 1 atom stereocenters. The Kier molecular flexibility index (Phi) is 4.82. The van der Waals surface area contributed by atoms with E-state index in [-0.39, 0.29) is 0 Å². The van der Waals surface area contributed by atoms with E-state index in [1.807, 2.05) is 19.2 Å². The van der Waals surface area contributed by atoms with Crippen LogP contribution in [0, 0.1) is 5.41 Å². The second kappa shape index (κ2) is 5.70. The van der Waals surface area contributed by atoms with Gasteiger partial charge in [0.15, 0.2) is 0 Å². The first-order valence-corrected chi connectivity index (χ1v) is 6.20. The molecule has 0 aliphatic heterocycles. The van der Waals surface area contributed by atoms with Crippen molar-refractivity contribution in [1.29, 1.82) is 0 Å². The zero-order chi connectivity index (χ0) is 12.2. The van der Waals surface area contributed by atoms with Gasteiger partial charge in [0.2, 0.25) is 0 Å². The highest BCUT2D eigenvalue weighted by atomic mass is 35.5. The van der Waals surface area contributed by atoms with Crippen molar-refractivity contribution in [3.63, 3.8) is 0 Å². The fraction of sp³-hybridized carbons (Fsp3) is 0.571. The van der Waals surface area contributed by atoms with E-state index >= 15 is 0 Å². The lowest BCUT2D eigenvalue weighted by molar-refractivity contribution is 0.316. The SMILES string of the molecule is CNC(Cc1ccc(Cl)cc1)CC(C)(C)C. The number of nitrogens with one attached hydrogen (secondary N) is 1. The van der Waals surface area contributed by atoms with Crippen molar-refractivity contribution < 1.29 is 0 Å². The van der Waals surface area contributed by atoms with Crippen LogP contribution < -0.4 is 5.32 Å². The van der Waals surface area contributed by atoms with E-state index in [1.165, 1.54) is 12.0 Å². The Morgan fingerprint density at radius 3 is 2.19 bits per heavy atom. The molecule has 0 heterocycles. The molecule has 0 aromatic heterocycles. The summed E-state index contributed by atoms with van der Waals surface area (Å²) in [5, 5.41) is 4.19. The van der Waals surface area contributed by atoms with Crippen molar-refractivity contribution in [2.24, 2.45) is 5.41 Å². The van der Waals surface area contributed by atoms with Crippen molar-refractivity contribution in [2.45, 2.75) is 39.7 Å². The molecule has 1 rings (SSSR count). The molecule has 0 saturated carbocycles. The van der Waals surface area contributed by atoms with Gasteiger partial charge < -0.3 is 5.32 Å². The molecule has 0 aliphatic carbocycles. The van der Waals surface area contributed by atoms with E-state index in [9.17, 15) is 0 Å². The Balaban J connectivity index is 2.60. The summed E-state index contributed by atoms with van der Waals surface area (Å²) >= 11 is 5.87. The molecule has 0 saturated heterocycles. The van der Waals surface area contributed by atoms with E-state index in [0.717, 1.165) is 11.4 Å². The molecule has 0 fully saturated rings. The minimum absolute atomic E-state index is 0.361. The zero-order valence-corrected chi connectivity index (χ0v) is 11.4. The van der Waals surface area contributed by atoms with Crippen LogP contribution in [0.5, 0.6) is 0 Å². The summed E-state index contributed by atoms with van der Waals surface area (Å²) in [5.41, 5.74) is 1.70. The fourth-order valence-electron chi connectivity index (χ4n) is 1.92. The van der Waals surface area contributed by atoms with Crippen LogP contribution in [0.25, 0.3) is 0 Å². The number of benzene rings is 1. The Morgan fingerprint density at radius 1 is 1.19 bits per heavy atom. The lowest BCUT2D eigenvalue weighted by atomic mass is 9.86. The van der Waals surface area contributed by atoms with Crippen molar-refractivity contribution >= 4 is 11.6 Å². The Labute approximate surface area is 104 Å². The van der Waals surface area contributed by atoms with E-state index in [2.05, 4.69) is 38.2 Å². The molecule has 1 unspecified atom stereocenters. The van der Waals surface area contributed by atoms with E-state index in [0.29, 0.717) is 11.5 Å². The molecule has 0 spiro atoms. The number of likely N-dealkylation sites (N-methyl/N-ethyl adjacent to an activating group) is 1. The lowest BCUT2D eigenvalue weighted by Crippen LogP contribution is -2.31. The van der Waals surface area contributed by atoms with E-state index in [4.69, 9.17) is 11.6 Å². The summed E-state index contributed by atoms with van der Waals surface area (Å²) in [4.78, 5) is 0. The molecule has 1 aromatic carbocycles. The Bertz CT molecular complexity index is 311. The summed E-state index contributed by atoms with van der Waals surface area (Å²) in [6.45, 7) is 6.83. The molecule has 1 nitrogen and oxygen atoms in total. The van der Waals surface area contributed by atoms with Gasteiger partial charge in [0.25, 0.3) is 0 Å².